The third kappa shape index (κ3) is 5.90. The molecular weight excluding hydrogens is 622 g/mol. The molecule has 1 aliphatic carbocycles. The number of anilines is 1. The summed E-state index contributed by atoms with van der Waals surface area (Å²) < 4.78 is 11.7. The van der Waals surface area contributed by atoms with Crippen LogP contribution in [-0.4, -0.2) is 59.8 Å². The molecule has 2 aliphatic rings. The van der Waals surface area contributed by atoms with E-state index in [2.05, 4.69) is 22.4 Å². The minimum absolute atomic E-state index is 0.100. The highest BCUT2D eigenvalue weighted by Crippen LogP contribution is 2.44. The number of nitrogens with zero attached hydrogens (tertiary/aromatic N) is 1. The molecule has 10 nitrogen and oxygen atoms in total. The predicted molar refractivity (Wildman–Crippen MR) is 184 cm³/mol. The Morgan fingerprint density at radius 3 is 2.22 bits per heavy atom. The van der Waals surface area contributed by atoms with E-state index >= 15 is 0 Å². The summed E-state index contributed by atoms with van der Waals surface area (Å²) in [4.78, 5) is 56.9. The highest BCUT2D eigenvalue weighted by atomic mass is 16.6. The van der Waals surface area contributed by atoms with Crippen LogP contribution in [0.4, 0.5) is 10.5 Å². The van der Waals surface area contributed by atoms with Gasteiger partial charge in [0.05, 0.1) is 5.56 Å². The van der Waals surface area contributed by atoms with E-state index in [0.29, 0.717) is 11.3 Å². The number of benzene rings is 4. The number of rotatable bonds is 9. The maximum absolute atomic E-state index is 14.0. The smallest absolute Gasteiger partial charge is 0.407 e. The summed E-state index contributed by atoms with van der Waals surface area (Å²) in [5, 5.41) is 12.8. The van der Waals surface area contributed by atoms with Crippen molar-refractivity contribution in [3.05, 3.63) is 126 Å². The molecule has 2 heterocycles. The number of H-pyrrole nitrogens is 1. The van der Waals surface area contributed by atoms with Crippen molar-refractivity contribution in [2.45, 2.75) is 31.8 Å². The predicted octanol–water partition coefficient (Wildman–Crippen LogP) is 6.47. The Bertz CT molecular complexity index is 2040. The largest absolute Gasteiger partial charge is 0.478 e. The lowest BCUT2D eigenvalue weighted by Gasteiger charge is -2.25. The molecule has 7 rings (SSSR count). The number of carboxylic acids is 1. The van der Waals surface area contributed by atoms with E-state index < -0.39 is 41.4 Å². The number of fused-ring (bicyclic) bond motifs is 4. The van der Waals surface area contributed by atoms with Crippen molar-refractivity contribution in [1.82, 2.24) is 10.3 Å². The lowest BCUT2D eigenvalue weighted by molar-refractivity contribution is -0.159. The van der Waals surface area contributed by atoms with E-state index in [1.54, 1.807) is 18.3 Å². The molecule has 2 amide bonds. The van der Waals surface area contributed by atoms with Crippen LogP contribution in [0.1, 0.15) is 52.7 Å². The Labute approximate surface area is 282 Å². The van der Waals surface area contributed by atoms with E-state index in [-0.39, 0.29) is 31.2 Å². The fourth-order valence-electron chi connectivity index (χ4n) is 6.99. The van der Waals surface area contributed by atoms with Gasteiger partial charge >= 0.3 is 18.0 Å². The van der Waals surface area contributed by atoms with Crippen LogP contribution in [0.25, 0.3) is 22.0 Å². The van der Waals surface area contributed by atoms with E-state index in [4.69, 9.17) is 9.47 Å². The van der Waals surface area contributed by atoms with Crippen LogP contribution in [0.2, 0.25) is 0 Å². The quantitative estimate of drug-likeness (QED) is 0.154. The minimum atomic E-state index is -1.11. The number of carbonyl (C=O) groups is 4. The summed E-state index contributed by atoms with van der Waals surface area (Å²) in [7, 11) is 0. The van der Waals surface area contributed by atoms with Crippen molar-refractivity contribution in [3.63, 3.8) is 0 Å². The maximum atomic E-state index is 14.0. The molecule has 0 saturated carbocycles. The van der Waals surface area contributed by atoms with Crippen LogP contribution in [0.3, 0.4) is 0 Å². The third-order valence-corrected chi connectivity index (χ3v) is 9.50. The molecule has 248 valence electrons. The Hall–Kier alpha value is -5.90. The van der Waals surface area contributed by atoms with Crippen LogP contribution in [-0.2, 0) is 19.1 Å². The van der Waals surface area contributed by atoms with Crippen molar-refractivity contribution < 1.29 is 33.8 Å². The third-order valence-electron chi connectivity index (χ3n) is 9.50. The molecule has 0 spiro atoms. The number of hydrogen-bond acceptors (Lipinski definition) is 6. The Balaban J connectivity index is 1.08. The fraction of sp³-hybridized carbons (Fsp3) is 0.231. The lowest BCUT2D eigenvalue weighted by atomic mass is 9.89. The number of amides is 2. The van der Waals surface area contributed by atoms with E-state index in [9.17, 15) is 24.3 Å². The Morgan fingerprint density at radius 1 is 0.918 bits per heavy atom. The summed E-state index contributed by atoms with van der Waals surface area (Å²) in [6, 6.07) is 29.6. The number of carbonyl (C=O) groups excluding carboxylic acids is 3. The second-order valence-corrected chi connectivity index (χ2v) is 13.1. The number of alkyl carbamates (subject to hydrolysis) is 1. The first kappa shape index (κ1) is 31.7. The van der Waals surface area contributed by atoms with Gasteiger partial charge in [0.2, 0.25) is 0 Å². The molecule has 3 N–H and O–H groups in total. The highest BCUT2D eigenvalue weighted by molar-refractivity contribution is 6.02. The topological polar surface area (TPSA) is 138 Å². The Morgan fingerprint density at radius 2 is 1.55 bits per heavy atom. The molecule has 10 heteroatoms. The average molecular weight is 658 g/mol. The Kier molecular flexibility index (Phi) is 8.15. The highest BCUT2D eigenvalue weighted by Gasteiger charge is 2.50. The summed E-state index contributed by atoms with van der Waals surface area (Å²) in [6.45, 7) is 3.93. The van der Waals surface area contributed by atoms with Gasteiger partial charge in [-0.2, -0.15) is 0 Å². The van der Waals surface area contributed by atoms with Gasteiger partial charge in [0.15, 0.2) is 6.10 Å². The minimum Gasteiger partial charge on any atom is -0.478 e. The zero-order valence-electron chi connectivity index (χ0n) is 27.0. The van der Waals surface area contributed by atoms with Crippen LogP contribution in [0.15, 0.2) is 103 Å². The zero-order chi connectivity index (χ0) is 34.3. The number of ether oxygens (including phenoxy) is 2. The van der Waals surface area contributed by atoms with Crippen LogP contribution in [0, 0.1) is 5.41 Å². The maximum Gasteiger partial charge on any atom is 0.407 e. The van der Waals surface area contributed by atoms with Gasteiger partial charge in [0.25, 0.3) is 5.91 Å². The number of aromatic amines is 1. The molecule has 5 aromatic rings. The second-order valence-electron chi connectivity index (χ2n) is 13.1. The first-order valence-electron chi connectivity index (χ1n) is 16.1. The molecular formula is C39H35N3O7. The molecule has 1 fully saturated rings. The van der Waals surface area contributed by atoms with Gasteiger partial charge in [-0.3, -0.25) is 9.59 Å². The van der Waals surface area contributed by atoms with E-state index in [1.807, 2.05) is 74.5 Å². The van der Waals surface area contributed by atoms with Gasteiger partial charge in [0.1, 0.15) is 12.5 Å². The van der Waals surface area contributed by atoms with Crippen molar-refractivity contribution >= 4 is 40.5 Å². The van der Waals surface area contributed by atoms with Crippen LogP contribution >= 0.6 is 0 Å². The fourth-order valence-corrected chi connectivity index (χ4v) is 6.99. The standard InChI is InChI=1S/C39H35N3O7/c1-39(2)22-42(24-17-15-23(16-18-24)36(44)45)35(43)34(39)49-37(46)31(30-19-40-33-14-8-7-13-29(30)33)20-41-38(47)48-21-32-27-11-5-3-9-25(27)26-10-4-6-12-28(26)32/h3-19,31-32,34,40H,20-22H2,1-2H3,(H,41,47)(H,44,45)/t31-,34+/m1/s1. The molecule has 2 atom stereocenters. The van der Waals surface area contributed by atoms with Gasteiger partial charge in [-0.25, -0.2) is 9.59 Å². The summed E-state index contributed by atoms with van der Waals surface area (Å²) >= 11 is 0. The number of esters is 1. The first-order chi connectivity index (χ1) is 23.6. The van der Waals surface area contributed by atoms with Gasteiger partial charge in [0, 0.05) is 47.2 Å². The van der Waals surface area contributed by atoms with Gasteiger partial charge < -0.3 is 29.8 Å². The SMILES string of the molecule is CC1(C)CN(c2ccc(C(=O)O)cc2)C(=O)[C@@H]1OC(=O)[C@H](CNC(=O)OCC1c2ccccc2-c2ccccc21)c1c[nH]c2ccccc12. The number of para-hydroxylation sites is 1. The van der Waals surface area contributed by atoms with Gasteiger partial charge in [-0.1, -0.05) is 80.6 Å². The number of nitrogens with one attached hydrogen (secondary N) is 2. The van der Waals surface area contributed by atoms with E-state index in [0.717, 1.165) is 33.2 Å². The van der Waals surface area contributed by atoms with Gasteiger partial charge in [-0.15, -0.1) is 0 Å². The average Bonchev–Trinajstić information content (AvgIpc) is 3.74. The molecule has 0 bridgehead atoms. The zero-order valence-corrected chi connectivity index (χ0v) is 27.0. The molecule has 0 radical (unpaired) electrons. The number of hydrogen-bond donors (Lipinski definition) is 3. The van der Waals surface area contributed by atoms with Gasteiger partial charge in [-0.05, 0) is 58.1 Å². The lowest BCUT2D eigenvalue weighted by Crippen LogP contribution is -2.40. The molecule has 0 unspecified atom stereocenters. The monoisotopic (exact) mass is 657 g/mol. The molecule has 49 heavy (non-hydrogen) atoms. The number of aromatic carboxylic acids is 1. The first-order valence-corrected chi connectivity index (χ1v) is 16.1. The van der Waals surface area contributed by atoms with Crippen molar-refractivity contribution in [3.8, 4) is 11.1 Å². The van der Waals surface area contributed by atoms with Crippen molar-refractivity contribution in [2.75, 3.05) is 24.6 Å². The normalized spacial score (nSPS) is 17.0. The van der Waals surface area contributed by atoms with Crippen molar-refractivity contribution in [2.24, 2.45) is 5.41 Å². The van der Waals surface area contributed by atoms with E-state index in [1.165, 1.54) is 17.0 Å². The summed E-state index contributed by atoms with van der Waals surface area (Å²) in [5.74, 6) is -3.22. The van der Waals surface area contributed by atoms with Crippen LogP contribution < -0.4 is 10.2 Å². The van der Waals surface area contributed by atoms with Crippen LogP contribution in [0.5, 0.6) is 0 Å². The summed E-state index contributed by atoms with van der Waals surface area (Å²) in [6.07, 6.45) is -0.0671. The molecule has 1 aromatic heterocycles. The second kappa shape index (κ2) is 12.6. The molecule has 1 aliphatic heterocycles. The summed E-state index contributed by atoms with van der Waals surface area (Å²) in [5.41, 5.74) is 5.69. The van der Waals surface area contributed by atoms with Crippen molar-refractivity contribution in [1.29, 1.82) is 0 Å². The molecule has 4 aromatic carbocycles. The number of carboxylic acid groups (broad SMARTS) is 1. The molecule has 1 saturated heterocycles. The number of aromatic nitrogens is 1.